The Morgan fingerprint density at radius 2 is 1.88 bits per heavy atom. The van der Waals surface area contributed by atoms with Crippen LogP contribution in [0.5, 0.6) is 0 Å². The molecule has 2 N–H and O–H groups in total. The molecular weight excluding hydrogens is 217 g/mol. The van der Waals surface area contributed by atoms with Gasteiger partial charge >= 0.3 is 0 Å². The minimum atomic E-state index is -0.235. The molecule has 1 unspecified atom stereocenters. The molecule has 1 aliphatic rings. The van der Waals surface area contributed by atoms with Crippen molar-refractivity contribution < 1.29 is 9.13 Å². The highest BCUT2D eigenvalue weighted by atomic mass is 19.1. The monoisotopic (exact) mass is 237 g/mol. The number of benzene rings is 1. The van der Waals surface area contributed by atoms with Gasteiger partial charge in [0.15, 0.2) is 0 Å². The molecule has 0 aromatic heterocycles. The lowest BCUT2D eigenvalue weighted by atomic mass is 9.77. The van der Waals surface area contributed by atoms with Crippen molar-refractivity contribution in [1.29, 1.82) is 0 Å². The summed E-state index contributed by atoms with van der Waals surface area (Å²) in [4.78, 5) is 0. The van der Waals surface area contributed by atoms with Gasteiger partial charge in [0, 0.05) is 18.8 Å². The summed E-state index contributed by atoms with van der Waals surface area (Å²) in [6.07, 6.45) is 2.83. The maximum Gasteiger partial charge on any atom is 0.123 e. The Balaban J connectivity index is 2.02. The van der Waals surface area contributed by atoms with Crippen LogP contribution in [0.4, 0.5) is 4.39 Å². The molecule has 2 nitrogen and oxygen atoms in total. The average Bonchev–Trinajstić information content (AvgIpc) is 2.33. The Kier molecular flexibility index (Phi) is 3.79. The molecule has 1 aromatic rings. The second-order valence-corrected chi connectivity index (χ2v) is 5.20. The summed E-state index contributed by atoms with van der Waals surface area (Å²) in [5.41, 5.74) is 7.28. The van der Waals surface area contributed by atoms with Crippen LogP contribution in [0.15, 0.2) is 24.3 Å². The molecule has 94 valence electrons. The highest BCUT2D eigenvalue weighted by Crippen LogP contribution is 2.28. The minimum Gasteiger partial charge on any atom is -0.381 e. The minimum absolute atomic E-state index is 0.196. The number of hydrogen-bond acceptors (Lipinski definition) is 2. The van der Waals surface area contributed by atoms with E-state index in [2.05, 4.69) is 6.92 Å². The quantitative estimate of drug-likeness (QED) is 0.876. The maximum atomic E-state index is 12.8. The van der Waals surface area contributed by atoms with E-state index in [1.165, 1.54) is 12.1 Å². The topological polar surface area (TPSA) is 35.2 Å². The van der Waals surface area contributed by atoms with Crippen LogP contribution in [0.2, 0.25) is 0 Å². The van der Waals surface area contributed by atoms with E-state index in [0.29, 0.717) is 5.92 Å². The smallest absolute Gasteiger partial charge is 0.123 e. The molecule has 0 amide bonds. The Morgan fingerprint density at radius 3 is 2.47 bits per heavy atom. The van der Waals surface area contributed by atoms with Crippen LogP contribution < -0.4 is 5.73 Å². The van der Waals surface area contributed by atoms with Gasteiger partial charge in [-0.25, -0.2) is 4.39 Å². The first-order valence-electron chi connectivity index (χ1n) is 6.19. The third-order valence-corrected chi connectivity index (χ3v) is 3.65. The van der Waals surface area contributed by atoms with E-state index < -0.39 is 0 Å². The predicted molar refractivity (Wildman–Crippen MR) is 66.2 cm³/mol. The Bertz CT molecular complexity index is 355. The van der Waals surface area contributed by atoms with Gasteiger partial charge in [0.25, 0.3) is 0 Å². The molecule has 0 spiro atoms. The zero-order valence-electron chi connectivity index (χ0n) is 10.3. The second kappa shape index (κ2) is 5.15. The van der Waals surface area contributed by atoms with Crippen molar-refractivity contribution in [3.8, 4) is 0 Å². The van der Waals surface area contributed by atoms with Crippen molar-refractivity contribution in [2.24, 2.45) is 11.7 Å². The third kappa shape index (κ3) is 3.27. The van der Waals surface area contributed by atoms with Gasteiger partial charge in [0.2, 0.25) is 0 Å². The predicted octanol–water partition coefficient (Wildman–Crippen LogP) is 2.51. The molecule has 1 saturated heterocycles. The first kappa shape index (κ1) is 12.5. The fourth-order valence-corrected chi connectivity index (χ4v) is 2.54. The summed E-state index contributed by atoms with van der Waals surface area (Å²) in [6.45, 7) is 3.70. The number of ether oxygens (including phenoxy) is 1. The number of hydrogen-bond donors (Lipinski definition) is 1. The molecule has 1 aromatic carbocycles. The first-order chi connectivity index (χ1) is 8.08. The molecule has 0 aliphatic carbocycles. The van der Waals surface area contributed by atoms with Crippen LogP contribution in [-0.2, 0) is 11.2 Å². The van der Waals surface area contributed by atoms with Crippen LogP contribution >= 0.6 is 0 Å². The lowest BCUT2D eigenvalue weighted by molar-refractivity contribution is 0.0419. The van der Waals surface area contributed by atoms with Gasteiger partial charge < -0.3 is 10.5 Å². The van der Waals surface area contributed by atoms with E-state index in [1.54, 1.807) is 0 Å². The van der Waals surface area contributed by atoms with Gasteiger partial charge in [0.05, 0.1) is 0 Å². The summed E-state index contributed by atoms with van der Waals surface area (Å²) in [5, 5.41) is 0. The van der Waals surface area contributed by atoms with Crippen molar-refractivity contribution in [2.75, 3.05) is 13.2 Å². The molecule has 1 atom stereocenters. The van der Waals surface area contributed by atoms with Crippen LogP contribution in [0.1, 0.15) is 25.3 Å². The fourth-order valence-electron chi connectivity index (χ4n) is 2.54. The highest BCUT2D eigenvalue weighted by molar-refractivity contribution is 5.19. The number of halogens is 1. The van der Waals surface area contributed by atoms with E-state index in [9.17, 15) is 4.39 Å². The molecular formula is C14H20FNO. The SMILES string of the molecule is CC(N)(Cc1ccc(F)cc1)C1CCOCC1. The van der Waals surface area contributed by atoms with Crippen molar-refractivity contribution >= 4 is 0 Å². The van der Waals surface area contributed by atoms with Crippen molar-refractivity contribution in [2.45, 2.75) is 31.7 Å². The van der Waals surface area contributed by atoms with E-state index in [0.717, 1.165) is 38.0 Å². The zero-order chi connectivity index (χ0) is 12.3. The molecule has 1 fully saturated rings. The summed E-state index contributed by atoms with van der Waals surface area (Å²) in [7, 11) is 0. The molecule has 2 rings (SSSR count). The van der Waals surface area contributed by atoms with Gasteiger partial charge in [-0.15, -0.1) is 0 Å². The van der Waals surface area contributed by atoms with E-state index in [1.807, 2.05) is 12.1 Å². The number of rotatable bonds is 3. The van der Waals surface area contributed by atoms with E-state index in [-0.39, 0.29) is 11.4 Å². The molecule has 0 saturated carbocycles. The highest BCUT2D eigenvalue weighted by Gasteiger charge is 2.31. The summed E-state index contributed by atoms with van der Waals surface area (Å²) >= 11 is 0. The van der Waals surface area contributed by atoms with Gasteiger partial charge in [-0.1, -0.05) is 12.1 Å². The molecule has 1 aliphatic heterocycles. The van der Waals surface area contributed by atoms with Crippen molar-refractivity contribution in [1.82, 2.24) is 0 Å². The molecule has 3 heteroatoms. The van der Waals surface area contributed by atoms with Crippen LogP contribution in [0, 0.1) is 11.7 Å². The Labute approximate surface area is 102 Å². The average molecular weight is 237 g/mol. The van der Waals surface area contributed by atoms with Crippen molar-refractivity contribution in [3.63, 3.8) is 0 Å². The molecule has 1 heterocycles. The largest absolute Gasteiger partial charge is 0.381 e. The third-order valence-electron chi connectivity index (χ3n) is 3.65. The van der Waals surface area contributed by atoms with Gasteiger partial charge in [-0.3, -0.25) is 0 Å². The Hall–Kier alpha value is -0.930. The zero-order valence-corrected chi connectivity index (χ0v) is 10.3. The standard InChI is InChI=1S/C14H20FNO/c1-14(16,12-6-8-17-9-7-12)10-11-2-4-13(15)5-3-11/h2-5,12H,6-10,16H2,1H3. The van der Waals surface area contributed by atoms with Crippen LogP contribution in [-0.4, -0.2) is 18.8 Å². The van der Waals surface area contributed by atoms with Gasteiger partial charge in [-0.2, -0.15) is 0 Å². The summed E-state index contributed by atoms with van der Waals surface area (Å²) in [5.74, 6) is 0.292. The Morgan fingerprint density at radius 1 is 1.29 bits per heavy atom. The van der Waals surface area contributed by atoms with Crippen molar-refractivity contribution in [3.05, 3.63) is 35.6 Å². The maximum absolute atomic E-state index is 12.8. The lowest BCUT2D eigenvalue weighted by Gasteiger charge is -2.37. The van der Waals surface area contributed by atoms with Crippen LogP contribution in [0.25, 0.3) is 0 Å². The van der Waals surface area contributed by atoms with Gasteiger partial charge in [-0.05, 0) is 49.8 Å². The molecule has 0 radical (unpaired) electrons. The van der Waals surface area contributed by atoms with E-state index >= 15 is 0 Å². The summed E-state index contributed by atoms with van der Waals surface area (Å²) < 4.78 is 18.2. The van der Waals surface area contributed by atoms with Gasteiger partial charge in [0.1, 0.15) is 5.82 Å². The first-order valence-corrected chi connectivity index (χ1v) is 6.19. The van der Waals surface area contributed by atoms with Crippen LogP contribution in [0.3, 0.4) is 0 Å². The number of nitrogens with two attached hydrogens (primary N) is 1. The fraction of sp³-hybridized carbons (Fsp3) is 0.571. The summed E-state index contributed by atoms with van der Waals surface area (Å²) in [6, 6.07) is 6.63. The lowest BCUT2D eigenvalue weighted by Crippen LogP contribution is -2.48. The van der Waals surface area contributed by atoms with E-state index in [4.69, 9.17) is 10.5 Å². The second-order valence-electron chi connectivity index (χ2n) is 5.20. The molecule has 17 heavy (non-hydrogen) atoms. The molecule has 0 bridgehead atoms. The normalized spacial score (nSPS) is 21.1.